The minimum absolute atomic E-state index is 1.14. The molecule has 0 radical (unpaired) electrons. The Hall–Kier alpha value is -5.70. The van der Waals surface area contributed by atoms with Gasteiger partial charge in [-0.15, -0.1) is 11.3 Å². The summed E-state index contributed by atoms with van der Waals surface area (Å²) >= 11 is 1.96. The zero-order valence-electron chi connectivity index (χ0n) is 26.2. The summed E-state index contributed by atoms with van der Waals surface area (Å²) in [5, 5.41) is 6.61. The summed E-state index contributed by atoms with van der Waals surface area (Å²) < 4.78 is 3.80. The van der Waals surface area contributed by atoms with Crippen molar-refractivity contribution in [2.45, 2.75) is 12.8 Å². The number of para-hydroxylation sites is 1. The molecule has 2 aromatic heterocycles. The van der Waals surface area contributed by atoms with Crippen LogP contribution in [0.2, 0.25) is 0 Å². The molecule has 2 aliphatic carbocycles. The monoisotopic (exact) mass is 627 g/mol. The molecular formula is C46H29NS. The van der Waals surface area contributed by atoms with Gasteiger partial charge in [-0.1, -0.05) is 97.1 Å². The Labute approximate surface area is 282 Å². The van der Waals surface area contributed by atoms with Crippen molar-refractivity contribution in [1.29, 1.82) is 0 Å². The van der Waals surface area contributed by atoms with E-state index in [-0.39, 0.29) is 0 Å². The molecule has 0 saturated heterocycles. The van der Waals surface area contributed by atoms with E-state index in [1.165, 1.54) is 103 Å². The normalized spacial score (nSPS) is 13.2. The Morgan fingerprint density at radius 2 is 1.15 bits per heavy atom. The minimum atomic E-state index is 1.14. The molecule has 0 amide bonds. The van der Waals surface area contributed by atoms with Crippen LogP contribution in [-0.2, 0) is 6.42 Å². The highest BCUT2D eigenvalue weighted by molar-refractivity contribution is 7.19. The van der Waals surface area contributed by atoms with Crippen molar-refractivity contribution >= 4 is 60.1 Å². The number of aromatic nitrogens is 1. The van der Waals surface area contributed by atoms with E-state index >= 15 is 0 Å². The van der Waals surface area contributed by atoms with E-state index in [9.17, 15) is 0 Å². The first kappa shape index (κ1) is 26.4. The molecule has 48 heavy (non-hydrogen) atoms. The van der Waals surface area contributed by atoms with Gasteiger partial charge in [0.15, 0.2) is 0 Å². The second-order valence-corrected chi connectivity index (χ2v) is 14.3. The van der Waals surface area contributed by atoms with Crippen LogP contribution in [0.15, 0.2) is 146 Å². The van der Waals surface area contributed by atoms with E-state index in [1.807, 2.05) is 11.3 Å². The zero-order valence-corrected chi connectivity index (χ0v) is 27.0. The van der Waals surface area contributed by atoms with Crippen molar-refractivity contribution in [2.75, 3.05) is 0 Å². The second-order valence-electron chi connectivity index (χ2n) is 13.2. The fourth-order valence-corrected chi connectivity index (χ4v) is 9.53. The summed E-state index contributed by atoms with van der Waals surface area (Å²) in [7, 11) is 0. The second kappa shape index (κ2) is 9.90. The van der Waals surface area contributed by atoms with E-state index in [0.29, 0.717) is 0 Å². The first-order chi connectivity index (χ1) is 23.8. The zero-order chi connectivity index (χ0) is 31.3. The number of benzene rings is 7. The lowest BCUT2D eigenvalue weighted by atomic mass is 9.96. The topological polar surface area (TPSA) is 4.93 Å². The van der Waals surface area contributed by atoms with E-state index in [2.05, 4.69) is 156 Å². The SMILES string of the molecule is C1=Cc2c(sc3ccc(-c4ccc5c(c4)c4cc(-c6ccc7c(c6)-c6cccc8cccc-7c68)ccc4n5-c4ccccc4)cc23)CC1. The van der Waals surface area contributed by atoms with Gasteiger partial charge in [-0.3, -0.25) is 0 Å². The van der Waals surface area contributed by atoms with Crippen LogP contribution in [0.3, 0.4) is 0 Å². The number of nitrogens with zero attached hydrogens (tertiary/aromatic N) is 1. The lowest BCUT2D eigenvalue weighted by Crippen LogP contribution is -1.93. The molecule has 7 aromatic carbocycles. The first-order valence-electron chi connectivity index (χ1n) is 16.8. The number of rotatable bonds is 3. The lowest BCUT2D eigenvalue weighted by molar-refractivity contribution is 1.02. The number of thiophene rings is 1. The van der Waals surface area contributed by atoms with Gasteiger partial charge >= 0.3 is 0 Å². The van der Waals surface area contributed by atoms with Gasteiger partial charge in [0.05, 0.1) is 11.0 Å². The summed E-state index contributed by atoms with van der Waals surface area (Å²) in [5.41, 5.74) is 15.4. The van der Waals surface area contributed by atoms with Crippen molar-refractivity contribution < 1.29 is 0 Å². The van der Waals surface area contributed by atoms with Gasteiger partial charge in [-0.25, -0.2) is 0 Å². The molecule has 0 N–H and O–H groups in total. The molecule has 2 heteroatoms. The van der Waals surface area contributed by atoms with Crippen LogP contribution < -0.4 is 0 Å². The van der Waals surface area contributed by atoms with Crippen LogP contribution in [0.5, 0.6) is 0 Å². The summed E-state index contributed by atoms with van der Waals surface area (Å²) in [6.45, 7) is 0. The van der Waals surface area contributed by atoms with Gasteiger partial charge in [-0.2, -0.15) is 0 Å². The van der Waals surface area contributed by atoms with Crippen molar-refractivity contribution in [2.24, 2.45) is 0 Å². The molecule has 0 spiro atoms. The summed E-state index contributed by atoms with van der Waals surface area (Å²) in [4.78, 5) is 1.52. The van der Waals surface area contributed by atoms with Crippen LogP contribution >= 0.6 is 11.3 Å². The molecule has 0 unspecified atom stereocenters. The Morgan fingerprint density at radius 1 is 0.500 bits per heavy atom. The number of hydrogen-bond donors (Lipinski definition) is 0. The third-order valence-electron chi connectivity index (χ3n) is 10.6. The Kier molecular flexibility index (Phi) is 5.44. The molecule has 0 fully saturated rings. The molecular weight excluding hydrogens is 599 g/mol. The van der Waals surface area contributed by atoms with Crippen molar-refractivity contribution in [3.8, 4) is 50.2 Å². The highest BCUT2D eigenvalue weighted by Crippen LogP contribution is 2.48. The van der Waals surface area contributed by atoms with Crippen molar-refractivity contribution in [3.63, 3.8) is 0 Å². The number of allylic oxidation sites excluding steroid dienone is 1. The number of aryl methyl sites for hydroxylation is 1. The van der Waals surface area contributed by atoms with Crippen LogP contribution in [0.1, 0.15) is 16.9 Å². The van der Waals surface area contributed by atoms with E-state index in [4.69, 9.17) is 0 Å². The Bertz CT molecular complexity index is 2820. The van der Waals surface area contributed by atoms with Gasteiger partial charge in [0, 0.05) is 31.4 Å². The largest absolute Gasteiger partial charge is 0.309 e. The summed E-state index contributed by atoms with van der Waals surface area (Å²) in [6, 6.07) is 52.2. The maximum Gasteiger partial charge on any atom is 0.0541 e. The van der Waals surface area contributed by atoms with Crippen molar-refractivity contribution in [3.05, 3.63) is 156 Å². The van der Waals surface area contributed by atoms with Gasteiger partial charge in [0.1, 0.15) is 0 Å². The predicted octanol–water partition coefficient (Wildman–Crippen LogP) is 13.1. The third-order valence-corrected chi connectivity index (χ3v) is 11.8. The highest BCUT2D eigenvalue weighted by atomic mass is 32.1. The third kappa shape index (κ3) is 3.72. The molecule has 11 rings (SSSR count). The van der Waals surface area contributed by atoms with Crippen LogP contribution in [0, 0.1) is 0 Å². The smallest absolute Gasteiger partial charge is 0.0541 e. The minimum Gasteiger partial charge on any atom is -0.309 e. The summed E-state index contributed by atoms with van der Waals surface area (Å²) in [5.74, 6) is 0. The van der Waals surface area contributed by atoms with E-state index in [0.717, 1.165) is 12.8 Å². The molecule has 0 atom stereocenters. The van der Waals surface area contributed by atoms with E-state index in [1.54, 1.807) is 0 Å². The van der Waals surface area contributed by atoms with Gasteiger partial charge in [-0.05, 0) is 128 Å². The van der Waals surface area contributed by atoms with E-state index < -0.39 is 0 Å². The van der Waals surface area contributed by atoms with Crippen LogP contribution in [0.4, 0.5) is 0 Å². The molecule has 2 heterocycles. The van der Waals surface area contributed by atoms with Gasteiger partial charge in [0.2, 0.25) is 0 Å². The Balaban J connectivity index is 1.11. The average molecular weight is 628 g/mol. The van der Waals surface area contributed by atoms with Crippen molar-refractivity contribution in [1.82, 2.24) is 4.57 Å². The predicted molar refractivity (Wildman–Crippen MR) is 206 cm³/mol. The summed E-state index contributed by atoms with van der Waals surface area (Å²) in [6.07, 6.45) is 6.95. The molecule has 9 aromatic rings. The molecule has 0 bridgehead atoms. The standard InChI is InChI=1S/C46H29NS/c1-2-10-33(11-3-1)47-42-21-17-30(29-16-20-34-36-13-6-8-28-9-7-14-37(46(28)36)38(34)24-29)25-39(42)40-26-31(18-22-43(40)47)32-19-23-45-41(27-32)35-12-4-5-15-44(35)48-45/h1-4,6-14,16-27H,5,15H2. The first-order valence-corrected chi connectivity index (χ1v) is 17.6. The molecule has 0 aliphatic heterocycles. The van der Waals surface area contributed by atoms with Crippen LogP contribution in [-0.4, -0.2) is 4.57 Å². The molecule has 2 aliphatic rings. The quantitative estimate of drug-likeness (QED) is 0.184. The maximum absolute atomic E-state index is 2.42. The highest BCUT2D eigenvalue weighted by Gasteiger charge is 2.22. The van der Waals surface area contributed by atoms with Crippen LogP contribution in [0.25, 0.3) is 98.9 Å². The fraction of sp³-hybridized carbons (Fsp3) is 0.0435. The van der Waals surface area contributed by atoms with Gasteiger partial charge in [0.25, 0.3) is 0 Å². The molecule has 1 nitrogen and oxygen atoms in total. The maximum atomic E-state index is 2.42. The van der Waals surface area contributed by atoms with Gasteiger partial charge < -0.3 is 4.57 Å². The molecule has 0 saturated carbocycles. The fourth-order valence-electron chi connectivity index (χ4n) is 8.34. The number of fused-ring (bicyclic) bond motifs is 9. The molecule has 224 valence electrons. The lowest BCUT2D eigenvalue weighted by Gasteiger charge is -2.09. The average Bonchev–Trinajstić information content (AvgIpc) is 3.80. The Morgan fingerprint density at radius 3 is 1.90 bits per heavy atom. The number of hydrogen-bond acceptors (Lipinski definition) is 1.